The predicted molar refractivity (Wildman–Crippen MR) is 351 cm³/mol. The highest BCUT2D eigenvalue weighted by Crippen LogP contribution is 2.50. The number of unbranched alkanes of at least 4 members (excludes halogenated alkanes) is 57. The molecular formula is C74H142O8. The maximum absolute atomic E-state index is 14.0. The van der Waals surface area contributed by atoms with Gasteiger partial charge in [0.05, 0.1) is 0 Å². The molecule has 0 bridgehead atoms. The van der Waals surface area contributed by atoms with Gasteiger partial charge in [0.15, 0.2) is 5.92 Å². The molecular weight excluding hydrogens is 1020 g/mol. The number of carbonyl (C=O) groups excluding carboxylic acids is 1. The molecule has 3 N–H and O–H groups in total. The van der Waals surface area contributed by atoms with Crippen LogP contribution in [0.25, 0.3) is 0 Å². The van der Waals surface area contributed by atoms with Gasteiger partial charge in [0.2, 0.25) is 5.60 Å². The number of Topliss-reactive ketones (excluding diaryl/α,β-unsaturated/α-hetero) is 1. The molecule has 486 valence electrons. The second kappa shape index (κ2) is 60.7. The minimum atomic E-state index is -2.73. The lowest BCUT2D eigenvalue weighted by Crippen LogP contribution is -2.67. The van der Waals surface area contributed by atoms with E-state index >= 15 is 0 Å². The zero-order chi connectivity index (χ0) is 60.1. The predicted octanol–water partition coefficient (Wildman–Crippen LogP) is 24.4. The van der Waals surface area contributed by atoms with Crippen LogP contribution in [0.2, 0.25) is 0 Å². The van der Waals surface area contributed by atoms with E-state index in [2.05, 4.69) is 20.8 Å². The third-order valence-corrected chi connectivity index (χ3v) is 18.7. The van der Waals surface area contributed by atoms with Gasteiger partial charge in [0.25, 0.3) is 0 Å². The molecule has 0 amide bonds. The molecule has 0 aliphatic rings. The first-order valence-corrected chi connectivity index (χ1v) is 36.9. The summed E-state index contributed by atoms with van der Waals surface area (Å²) in [5, 5.41) is 33.3. The molecule has 0 aromatic heterocycles. The van der Waals surface area contributed by atoms with Gasteiger partial charge in [-0.3, -0.25) is 14.4 Å². The number of ketones is 1. The fraction of sp³-hybridized carbons (Fsp3) is 0.946. The van der Waals surface area contributed by atoms with Gasteiger partial charge in [-0.25, -0.2) is 4.79 Å². The van der Waals surface area contributed by atoms with Crippen LogP contribution in [-0.4, -0.2) is 51.2 Å². The molecule has 0 aromatic rings. The highest BCUT2D eigenvalue weighted by Gasteiger charge is 2.69. The lowest BCUT2D eigenvalue weighted by molar-refractivity contribution is -0.219. The van der Waals surface area contributed by atoms with Crippen molar-refractivity contribution in [2.75, 3.05) is 6.61 Å². The molecule has 0 radical (unpaired) electrons. The second-order valence-corrected chi connectivity index (χ2v) is 26.3. The van der Waals surface area contributed by atoms with E-state index in [1.165, 1.54) is 289 Å². The summed E-state index contributed by atoms with van der Waals surface area (Å²) < 4.78 is 6.35. The number of ether oxygens (including phenoxy) is 1. The van der Waals surface area contributed by atoms with Crippen molar-refractivity contribution in [1.82, 2.24) is 0 Å². The van der Waals surface area contributed by atoms with Crippen molar-refractivity contribution in [3.8, 4) is 0 Å². The monoisotopic (exact) mass is 1160 g/mol. The van der Waals surface area contributed by atoms with E-state index in [0.29, 0.717) is 19.3 Å². The van der Waals surface area contributed by atoms with Crippen LogP contribution >= 0.6 is 0 Å². The van der Waals surface area contributed by atoms with Gasteiger partial charge in [-0.2, -0.15) is 0 Å². The Balaban J connectivity index is 5.31. The van der Waals surface area contributed by atoms with Crippen molar-refractivity contribution in [2.45, 2.75) is 431 Å². The molecule has 0 aliphatic carbocycles. The Morgan fingerprint density at radius 2 is 0.463 bits per heavy atom. The van der Waals surface area contributed by atoms with Crippen LogP contribution in [0.15, 0.2) is 0 Å². The number of carboxylic acids is 3. The Hall–Kier alpha value is -1.96. The third kappa shape index (κ3) is 43.6. The van der Waals surface area contributed by atoms with Crippen LogP contribution in [0.1, 0.15) is 426 Å². The van der Waals surface area contributed by atoms with Gasteiger partial charge >= 0.3 is 17.9 Å². The number of hydrogen-bond acceptors (Lipinski definition) is 5. The van der Waals surface area contributed by atoms with E-state index in [0.717, 1.165) is 84.0 Å². The molecule has 0 fully saturated rings. The molecule has 0 aliphatic heterocycles. The lowest BCUT2D eigenvalue weighted by Gasteiger charge is -2.47. The smallest absolute Gasteiger partial charge is 0.338 e. The van der Waals surface area contributed by atoms with Crippen LogP contribution in [0, 0.1) is 11.3 Å². The van der Waals surface area contributed by atoms with Gasteiger partial charge in [-0.05, 0) is 26.2 Å². The Kier molecular flexibility index (Phi) is 59.3. The fourth-order valence-corrected chi connectivity index (χ4v) is 13.3. The largest absolute Gasteiger partial charge is 0.481 e. The van der Waals surface area contributed by atoms with E-state index in [4.69, 9.17) is 4.74 Å². The van der Waals surface area contributed by atoms with Gasteiger partial charge < -0.3 is 20.1 Å². The summed E-state index contributed by atoms with van der Waals surface area (Å²) in [6, 6.07) is 0. The Morgan fingerprint density at radius 1 is 0.280 bits per heavy atom. The Labute approximate surface area is 510 Å². The summed E-state index contributed by atoms with van der Waals surface area (Å²) in [7, 11) is 0. The number of carboxylic acid groups (broad SMARTS) is 3. The van der Waals surface area contributed by atoms with Crippen molar-refractivity contribution in [3.63, 3.8) is 0 Å². The van der Waals surface area contributed by atoms with Crippen LogP contribution in [0.4, 0.5) is 0 Å². The van der Waals surface area contributed by atoms with Crippen molar-refractivity contribution < 1.29 is 39.2 Å². The summed E-state index contributed by atoms with van der Waals surface area (Å²) in [6.45, 7) is 7.81. The number of hydrogen-bond donors (Lipinski definition) is 3. The summed E-state index contributed by atoms with van der Waals surface area (Å²) in [6.07, 6.45) is 73.1. The summed E-state index contributed by atoms with van der Waals surface area (Å²) in [4.78, 5) is 54.4. The van der Waals surface area contributed by atoms with E-state index in [1.807, 2.05) is 0 Å². The van der Waals surface area contributed by atoms with Crippen molar-refractivity contribution in [2.24, 2.45) is 11.3 Å². The highest BCUT2D eigenvalue weighted by molar-refractivity contribution is 6.06. The third-order valence-electron chi connectivity index (χ3n) is 18.7. The topological polar surface area (TPSA) is 138 Å². The summed E-state index contributed by atoms with van der Waals surface area (Å²) >= 11 is 0. The fourth-order valence-electron chi connectivity index (χ4n) is 13.3. The lowest BCUT2D eigenvalue weighted by atomic mass is 9.59. The zero-order valence-electron chi connectivity index (χ0n) is 55.5. The Bertz CT molecular complexity index is 1340. The molecule has 0 saturated heterocycles. The first-order chi connectivity index (χ1) is 40.1. The van der Waals surface area contributed by atoms with Crippen LogP contribution in [0.5, 0.6) is 0 Å². The minimum Gasteiger partial charge on any atom is -0.481 e. The van der Waals surface area contributed by atoms with Crippen LogP contribution in [0.3, 0.4) is 0 Å². The van der Waals surface area contributed by atoms with Gasteiger partial charge in [0.1, 0.15) is 11.2 Å². The molecule has 2 unspecified atom stereocenters. The van der Waals surface area contributed by atoms with E-state index < -0.39 is 40.6 Å². The highest BCUT2D eigenvalue weighted by atomic mass is 16.5. The molecule has 0 spiro atoms. The quantitative estimate of drug-likeness (QED) is 0.0404. The number of aliphatic carboxylic acids is 3. The molecule has 2 atom stereocenters. The number of rotatable bonds is 70. The van der Waals surface area contributed by atoms with Gasteiger partial charge in [-0.1, -0.05) is 400 Å². The zero-order valence-corrected chi connectivity index (χ0v) is 55.5. The molecule has 0 rings (SSSR count). The van der Waals surface area contributed by atoms with Crippen LogP contribution in [-0.2, 0) is 23.9 Å². The maximum atomic E-state index is 14.0. The average molecular weight is 1160 g/mol. The van der Waals surface area contributed by atoms with E-state index in [9.17, 15) is 34.5 Å². The molecule has 8 nitrogen and oxygen atoms in total. The van der Waals surface area contributed by atoms with Crippen molar-refractivity contribution >= 4 is 23.7 Å². The average Bonchev–Trinajstić information content (AvgIpc) is 2.35. The second-order valence-electron chi connectivity index (χ2n) is 26.3. The minimum absolute atomic E-state index is 0.0387. The number of carbonyl (C=O) groups is 4. The van der Waals surface area contributed by atoms with Crippen molar-refractivity contribution in [3.05, 3.63) is 0 Å². The molecule has 8 heteroatoms. The first kappa shape index (κ1) is 80.0. The maximum Gasteiger partial charge on any atom is 0.338 e. The van der Waals surface area contributed by atoms with E-state index in [1.54, 1.807) is 0 Å². The van der Waals surface area contributed by atoms with E-state index in [-0.39, 0.29) is 19.4 Å². The summed E-state index contributed by atoms with van der Waals surface area (Å²) in [5.74, 6) is -7.65. The molecule has 82 heavy (non-hydrogen) atoms. The molecule has 0 saturated carbocycles. The normalized spacial score (nSPS) is 13.0. The van der Waals surface area contributed by atoms with Gasteiger partial charge in [0, 0.05) is 6.61 Å². The van der Waals surface area contributed by atoms with Gasteiger partial charge in [-0.15, -0.1) is 0 Å². The van der Waals surface area contributed by atoms with Crippen LogP contribution < -0.4 is 0 Å². The molecule has 0 heterocycles. The SMILES string of the molecule is CCCCCCCCCCCCCCCCCCCCCCOC(C(=O)O)(C(C(C)=O)C(=O)O)C(CCCCCCCCCCCCCCCCCCCCCC)(CCCCCCCCCCCCCCCCCCCCCC)C(=O)O. The first-order valence-electron chi connectivity index (χ1n) is 36.9. The standard InChI is InChI=1S/C74H142O8/c1-5-8-11-14-17-20-23-26-29-32-35-38-41-44-47-50-53-56-59-62-65-73(71(78)79,66-63-60-57-54-51-48-45-42-39-36-33-30-27-24-21-18-15-12-9-6-2)74(72(80)81,69(68(4)75)70(76)77)82-67-64-61-58-55-52-49-46-43-40-37-34-31-28-25-22-19-16-13-10-7-3/h69H,5-67H2,1-4H3,(H,76,77)(H,78,79)(H,80,81). The summed E-state index contributed by atoms with van der Waals surface area (Å²) in [5.41, 5.74) is -4.81. The molecule has 0 aromatic carbocycles. The van der Waals surface area contributed by atoms with Crippen molar-refractivity contribution in [1.29, 1.82) is 0 Å². The Morgan fingerprint density at radius 3 is 0.622 bits per heavy atom.